The van der Waals surface area contributed by atoms with Crippen LogP contribution in [0.5, 0.6) is 0 Å². The van der Waals surface area contributed by atoms with Crippen molar-refractivity contribution >= 4 is 38.9 Å². The predicted molar refractivity (Wildman–Crippen MR) is 108 cm³/mol. The molecule has 0 radical (unpaired) electrons. The van der Waals surface area contributed by atoms with Crippen molar-refractivity contribution in [3.8, 4) is 0 Å². The number of nitrogens with zero attached hydrogens (tertiary/aromatic N) is 2. The highest BCUT2D eigenvalue weighted by Crippen LogP contribution is 2.35. The number of hydrogen-bond donors (Lipinski definition) is 0. The van der Waals surface area contributed by atoms with E-state index in [0.717, 1.165) is 34.7 Å². The van der Waals surface area contributed by atoms with Crippen molar-refractivity contribution in [1.29, 1.82) is 0 Å². The Labute approximate surface area is 158 Å². The highest BCUT2D eigenvalue weighted by Gasteiger charge is 2.16. The van der Waals surface area contributed by atoms with Crippen LogP contribution in [0, 0.1) is 0 Å². The van der Waals surface area contributed by atoms with E-state index < -0.39 is 0 Å². The molecule has 0 bridgehead atoms. The fourth-order valence-corrected chi connectivity index (χ4v) is 4.08. The number of halogens is 2. The maximum absolute atomic E-state index is 6.48. The van der Waals surface area contributed by atoms with Gasteiger partial charge in [-0.25, -0.2) is 0 Å². The van der Waals surface area contributed by atoms with Crippen molar-refractivity contribution in [3.05, 3.63) is 58.0 Å². The fraction of sp³-hybridized carbons (Fsp3) is 0.400. The minimum atomic E-state index is 0.797. The van der Waals surface area contributed by atoms with E-state index in [9.17, 15) is 0 Å². The second-order valence-electron chi connectivity index (χ2n) is 6.31. The summed E-state index contributed by atoms with van der Waals surface area (Å²) in [7, 11) is 0. The normalized spacial score (nSPS) is 15.4. The first-order valence-corrected chi connectivity index (χ1v) is 9.92. The largest absolute Gasteiger partial charge is 0.339 e. The number of piperidine rings is 1. The molecule has 1 fully saturated rings. The van der Waals surface area contributed by atoms with Crippen molar-refractivity contribution in [2.75, 3.05) is 31.1 Å². The van der Waals surface area contributed by atoms with Crippen molar-refractivity contribution in [2.45, 2.75) is 25.7 Å². The van der Waals surface area contributed by atoms with Crippen LogP contribution >= 0.6 is 27.5 Å². The van der Waals surface area contributed by atoms with Crippen LogP contribution in [-0.2, 0) is 0 Å². The minimum absolute atomic E-state index is 0.797. The Balaban J connectivity index is 1.75. The Kier molecular flexibility index (Phi) is 6.59. The Hall–Kier alpha value is -1.03. The van der Waals surface area contributed by atoms with Gasteiger partial charge in [0.2, 0.25) is 0 Å². The third-order valence-electron chi connectivity index (χ3n) is 4.59. The average Bonchev–Trinajstić information content (AvgIpc) is 2.61. The molecule has 0 N–H and O–H groups in total. The number of hydrogen-bond acceptors (Lipinski definition) is 2. The molecule has 1 heterocycles. The van der Waals surface area contributed by atoms with E-state index in [-0.39, 0.29) is 0 Å². The van der Waals surface area contributed by atoms with Crippen LogP contribution in [0.4, 0.5) is 11.4 Å². The standard InChI is InChI=1S/C20H24BrClN2/c21-17-9-2-4-11-19(17)24(20-12-5-3-10-18(20)22)16-8-15-23-13-6-1-7-14-23/h2-5,9-12H,1,6-8,13-16H2. The van der Waals surface area contributed by atoms with Gasteiger partial charge in [0.25, 0.3) is 0 Å². The van der Waals surface area contributed by atoms with Gasteiger partial charge >= 0.3 is 0 Å². The lowest BCUT2D eigenvalue weighted by Crippen LogP contribution is -2.32. The van der Waals surface area contributed by atoms with Crippen LogP contribution in [0.3, 0.4) is 0 Å². The molecule has 1 aliphatic rings. The van der Waals surface area contributed by atoms with Crippen LogP contribution in [0.1, 0.15) is 25.7 Å². The van der Waals surface area contributed by atoms with Crippen LogP contribution in [0.25, 0.3) is 0 Å². The number of anilines is 2. The summed E-state index contributed by atoms with van der Waals surface area (Å²) in [6.45, 7) is 4.62. The number of likely N-dealkylation sites (tertiary alicyclic amines) is 1. The zero-order valence-corrected chi connectivity index (χ0v) is 16.3. The van der Waals surface area contributed by atoms with E-state index in [1.54, 1.807) is 0 Å². The minimum Gasteiger partial charge on any atom is -0.339 e. The van der Waals surface area contributed by atoms with Gasteiger partial charge in [-0.1, -0.05) is 42.3 Å². The topological polar surface area (TPSA) is 6.48 Å². The molecule has 1 saturated heterocycles. The van der Waals surface area contributed by atoms with Gasteiger partial charge in [0.15, 0.2) is 0 Å². The van der Waals surface area contributed by atoms with Crippen LogP contribution in [0.2, 0.25) is 5.02 Å². The monoisotopic (exact) mass is 406 g/mol. The maximum atomic E-state index is 6.48. The summed E-state index contributed by atoms with van der Waals surface area (Å²) in [4.78, 5) is 4.92. The second-order valence-corrected chi connectivity index (χ2v) is 7.57. The summed E-state index contributed by atoms with van der Waals surface area (Å²) in [5.74, 6) is 0. The van der Waals surface area contributed by atoms with Crippen molar-refractivity contribution < 1.29 is 0 Å². The first-order valence-electron chi connectivity index (χ1n) is 8.74. The van der Waals surface area contributed by atoms with E-state index >= 15 is 0 Å². The first-order chi connectivity index (χ1) is 11.8. The van der Waals surface area contributed by atoms with Crippen LogP contribution in [-0.4, -0.2) is 31.1 Å². The number of para-hydroxylation sites is 2. The molecule has 0 aliphatic carbocycles. The molecule has 0 amide bonds. The third kappa shape index (κ3) is 4.53. The fourth-order valence-electron chi connectivity index (χ4n) is 3.35. The molecule has 0 aromatic heterocycles. The number of benzene rings is 2. The van der Waals surface area contributed by atoms with E-state index in [1.807, 2.05) is 18.2 Å². The molecule has 3 rings (SSSR count). The maximum Gasteiger partial charge on any atom is 0.0643 e. The van der Waals surface area contributed by atoms with Gasteiger partial charge in [-0.2, -0.15) is 0 Å². The van der Waals surface area contributed by atoms with E-state index in [4.69, 9.17) is 11.6 Å². The predicted octanol–water partition coefficient (Wildman–Crippen LogP) is 6.12. The molecule has 2 aromatic rings. The molecule has 2 nitrogen and oxygen atoms in total. The van der Waals surface area contributed by atoms with Gasteiger partial charge in [0.1, 0.15) is 0 Å². The van der Waals surface area contributed by atoms with Crippen molar-refractivity contribution in [2.24, 2.45) is 0 Å². The van der Waals surface area contributed by atoms with Gasteiger partial charge in [0, 0.05) is 11.0 Å². The van der Waals surface area contributed by atoms with Gasteiger partial charge < -0.3 is 9.80 Å². The molecule has 0 unspecified atom stereocenters. The number of rotatable bonds is 6. The summed E-state index contributed by atoms with van der Waals surface area (Å²) in [5.41, 5.74) is 2.24. The van der Waals surface area contributed by atoms with E-state index in [2.05, 4.69) is 56.1 Å². The zero-order valence-electron chi connectivity index (χ0n) is 13.9. The van der Waals surface area contributed by atoms with E-state index in [0.29, 0.717) is 0 Å². The molecular formula is C20H24BrClN2. The highest BCUT2D eigenvalue weighted by atomic mass is 79.9. The first kappa shape index (κ1) is 17.8. The smallest absolute Gasteiger partial charge is 0.0643 e. The average molecular weight is 408 g/mol. The van der Waals surface area contributed by atoms with E-state index in [1.165, 1.54) is 38.0 Å². The van der Waals surface area contributed by atoms with Crippen LogP contribution in [0.15, 0.2) is 53.0 Å². The lowest BCUT2D eigenvalue weighted by atomic mass is 10.1. The Bertz CT molecular complexity index is 610. The highest BCUT2D eigenvalue weighted by molar-refractivity contribution is 9.10. The Morgan fingerprint density at radius 3 is 2.29 bits per heavy atom. The molecule has 0 atom stereocenters. The summed E-state index contributed by atoms with van der Waals surface area (Å²) in [6.07, 6.45) is 5.21. The third-order valence-corrected chi connectivity index (χ3v) is 5.58. The molecule has 0 saturated carbocycles. The summed E-state index contributed by atoms with van der Waals surface area (Å²) < 4.78 is 1.10. The van der Waals surface area contributed by atoms with Gasteiger partial charge in [-0.05, 0) is 79.1 Å². The molecule has 128 valence electrons. The van der Waals surface area contributed by atoms with Gasteiger partial charge in [-0.3, -0.25) is 0 Å². The molecule has 0 spiro atoms. The Morgan fingerprint density at radius 1 is 0.917 bits per heavy atom. The lowest BCUT2D eigenvalue weighted by Gasteiger charge is -2.30. The van der Waals surface area contributed by atoms with Crippen molar-refractivity contribution in [3.63, 3.8) is 0 Å². The molecule has 2 aromatic carbocycles. The zero-order chi connectivity index (χ0) is 16.8. The van der Waals surface area contributed by atoms with Crippen molar-refractivity contribution in [1.82, 2.24) is 4.90 Å². The lowest BCUT2D eigenvalue weighted by molar-refractivity contribution is 0.227. The molecule has 24 heavy (non-hydrogen) atoms. The SMILES string of the molecule is Clc1ccccc1N(CCCN1CCCCC1)c1ccccc1Br. The van der Waals surface area contributed by atoms with Gasteiger partial charge in [0.05, 0.1) is 16.4 Å². The van der Waals surface area contributed by atoms with Gasteiger partial charge in [-0.15, -0.1) is 0 Å². The second kappa shape index (κ2) is 8.89. The summed E-state index contributed by atoms with van der Waals surface area (Å²) >= 11 is 10.2. The summed E-state index contributed by atoms with van der Waals surface area (Å²) in [5, 5.41) is 0.797. The Morgan fingerprint density at radius 2 is 1.58 bits per heavy atom. The molecule has 1 aliphatic heterocycles. The molecule has 4 heteroatoms. The summed E-state index contributed by atoms with van der Waals surface area (Å²) in [6, 6.07) is 16.5. The van der Waals surface area contributed by atoms with Crippen LogP contribution < -0.4 is 4.90 Å². The molecular weight excluding hydrogens is 384 g/mol. The quantitative estimate of drug-likeness (QED) is 0.569.